The number of Topliss-reactive ketones (excluding diaryl/α,β-unsaturated/α-hetero) is 1. The second kappa shape index (κ2) is 7.16. The van der Waals surface area contributed by atoms with Crippen molar-refractivity contribution in [1.82, 2.24) is 9.97 Å². The van der Waals surface area contributed by atoms with Crippen LogP contribution in [0.5, 0.6) is 0 Å². The maximum Gasteiger partial charge on any atom is 0.337 e. The highest BCUT2D eigenvalue weighted by atomic mass is 32.1. The summed E-state index contributed by atoms with van der Waals surface area (Å²) in [6.45, 7) is 1.96. The number of pyridine rings is 1. The van der Waals surface area contributed by atoms with E-state index < -0.39 is 5.92 Å². The molecule has 0 bridgehead atoms. The molecule has 1 atom stereocenters. The van der Waals surface area contributed by atoms with Gasteiger partial charge in [-0.3, -0.25) is 4.79 Å². The number of benzene rings is 1. The summed E-state index contributed by atoms with van der Waals surface area (Å²) in [4.78, 5) is 34.3. The number of hydrogen-bond donors (Lipinski definition) is 1. The summed E-state index contributed by atoms with van der Waals surface area (Å²) in [6.07, 6.45) is 2.78. The molecule has 3 aromatic rings. The lowest BCUT2D eigenvalue weighted by Gasteiger charge is -2.23. The highest BCUT2D eigenvalue weighted by molar-refractivity contribution is 7.15. The number of carbonyl (C=O) groups is 2. The highest BCUT2D eigenvalue weighted by Crippen LogP contribution is 2.38. The molecule has 2 aromatic heterocycles. The summed E-state index contributed by atoms with van der Waals surface area (Å²) in [7, 11) is 1.36. The van der Waals surface area contributed by atoms with Gasteiger partial charge in [0, 0.05) is 12.6 Å². The summed E-state index contributed by atoms with van der Waals surface area (Å²) in [5.41, 5.74) is 10.0. The number of carbonyl (C=O) groups excluding carboxylic acids is 2. The van der Waals surface area contributed by atoms with Crippen LogP contribution in [0.25, 0.3) is 10.6 Å². The van der Waals surface area contributed by atoms with Gasteiger partial charge in [0.1, 0.15) is 16.6 Å². The number of ether oxygens (including phenoxy) is 1. The van der Waals surface area contributed by atoms with Crippen molar-refractivity contribution in [3.05, 3.63) is 63.8 Å². The molecule has 0 fully saturated rings. The van der Waals surface area contributed by atoms with Gasteiger partial charge in [0.2, 0.25) is 0 Å². The number of nitrogens with two attached hydrogens (primary N) is 1. The van der Waals surface area contributed by atoms with E-state index in [9.17, 15) is 9.59 Å². The number of aromatic nitrogens is 2. The molecule has 2 N–H and O–H groups in total. The summed E-state index contributed by atoms with van der Waals surface area (Å²) >= 11 is 1.45. The van der Waals surface area contributed by atoms with E-state index in [4.69, 9.17) is 10.5 Å². The van der Waals surface area contributed by atoms with Crippen molar-refractivity contribution in [3.8, 4) is 10.6 Å². The largest absolute Gasteiger partial charge is 0.465 e. The fourth-order valence-corrected chi connectivity index (χ4v) is 4.58. The lowest BCUT2D eigenvalue weighted by Crippen LogP contribution is -2.22. The predicted octanol–water partition coefficient (Wildman–Crippen LogP) is 3.53. The number of fused-ring (bicyclic) bond motifs is 1. The van der Waals surface area contributed by atoms with Crippen molar-refractivity contribution in [3.63, 3.8) is 0 Å². The van der Waals surface area contributed by atoms with Crippen LogP contribution in [0.4, 0.5) is 5.82 Å². The molecule has 0 saturated carbocycles. The molecule has 1 unspecified atom stereocenters. The van der Waals surface area contributed by atoms with E-state index in [1.165, 1.54) is 18.4 Å². The smallest absolute Gasteiger partial charge is 0.337 e. The SMILES string of the molecule is COC(=O)c1ccc2c(c1)CCC(=O)C2c1ncc(-c2cc(C)cc(N)n2)s1. The van der Waals surface area contributed by atoms with E-state index in [0.717, 1.165) is 32.3 Å². The number of aryl methyl sites for hydroxylation is 2. The Hall–Kier alpha value is -3.06. The Morgan fingerprint density at radius 1 is 1.25 bits per heavy atom. The van der Waals surface area contributed by atoms with Gasteiger partial charge < -0.3 is 10.5 Å². The lowest BCUT2D eigenvalue weighted by atomic mass is 9.81. The van der Waals surface area contributed by atoms with Gasteiger partial charge in [0.15, 0.2) is 0 Å². The third-order valence-corrected chi connectivity index (χ3v) is 5.93. The topological polar surface area (TPSA) is 95.2 Å². The van der Waals surface area contributed by atoms with Crippen LogP contribution in [0, 0.1) is 6.92 Å². The molecule has 1 aromatic carbocycles. The van der Waals surface area contributed by atoms with Gasteiger partial charge in [0.25, 0.3) is 0 Å². The van der Waals surface area contributed by atoms with Crippen molar-refractivity contribution in [2.45, 2.75) is 25.7 Å². The average molecular weight is 393 g/mol. The quantitative estimate of drug-likeness (QED) is 0.684. The van der Waals surface area contributed by atoms with Gasteiger partial charge in [-0.2, -0.15) is 0 Å². The second-order valence-corrected chi connectivity index (χ2v) is 7.88. The first kappa shape index (κ1) is 18.3. The molecule has 0 aliphatic heterocycles. The predicted molar refractivity (Wildman–Crippen MR) is 107 cm³/mol. The Kier molecular flexibility index (Phi) is 4.68. The summed E-state index contributed by atoms with van der Waals surface area (Å²) in [5, 5.41) is 0.730. The number of nitrogen functional groups attached to an aromatic ring is 1. The molecule has 28 heavy (non-hydrogen) atoms. The maximum absolute atomic E-state index is 12.7. The first-order valence-corrected chi connectivity index (χ1v) is 9.72. The molecule has 2 heterocycles. The number of esters is 1. The van der Waals surface area contributed by atoms with E-state index in [2.05, 4.69) is 9.97 Å². The van der Waals surface area contributed by atoms with Gasteiger partial charge in [-0.1, -0.05) is 6.07 Å². The Morgan fingerprint density at radius 3 is 2.82 bits per heavy atom. The van der Waals surface area contributed by atoms with Crippen LogP contribution >= 0.6 is 11.3 Å². The number of hydrogen-bond acceptors (Lipinski definition) is 7. The number of nitrogens with zero attached hydrogens (tertiary/aromatic N) is 2. The van der Waals surface area contributed by atoms with Crippen molar-refractivity contribution >= 4 is 28.9 Å². The van der Waals surface area contributed by atoms with Gasteiger partial charge >= 0.3 is 5.97 Å². The standard InChI is InChI=1S/C21H19N3O3S/c1-11-7-15(24-18(22)8-11)17-10-23-20(28-17)19-14-5-3-13(21(26)27-2)9-12(14)4-6-16(19)25/h3,5,7-10,19H,4,6H2,1-2H3,(H2,22,24). The van der Waals surface area contributed by atoms with Crippen LogP contribution in [-0.2, 0) is 16.0 Å². The van der Waals surface area contributed by atoms with Crippen LogP contribution < -0.4 is 5.73 Å². The minimum atomic E-state index is -0.420. The van der Waals surface area contributed by atoms with Crippen LogP contribution in [0.15, 0.2) is 36.5 Å². The number of ketones is 1. The van der Waals surface area contributed by atoms with Crippen LogP contribution in [0.1, 0.15) is 44.4 Å². The van der Waals surface area contributed by atoms with Gasteiger partial charge in [0.05, 0.1) is 29.2 Å². The number of rotatable bonds is 3. The summed E-state index contributed by atoms with van der Waals surface area (Å²) in [6, 6.07) is 9.12. The van der Waals surface area contributed by atoms with Crippen molar-refractivity contribution in [2.75, 3.05) is 12.8 Å². The molecule has 7 heteroatoms. The normalized spacial score (nSPS) is 15.9. The number of methoxy groups -OCH3 is 1. The fraction of sp³-hybridized carbons (Fsp3) is 0.238. The molecule has 0 radical (unpaired) electrons. The molecular weight excluding hydrogens is 374 g/mol. The first-order chi connectivity index (χ1) is 13.5. The lowest BCUT2D eigenvalue weighted by molar-refractivity contribution is -0.120. The van der Waals surface area contributed by atoms with Crippen molar-refractivity contribution in [1.29, 1.82) is 0 Å². The number of thiazole rings is 1. The number of anilines is 1. The molecule has 1 aliphatic carbocycles. The van der Waals surface area contributed by atoms with E-state index in [1.54, 1.807) is 12.3 Å². The molecule has 0 spiro atoms. The Bertz CT molecular complexity index is 1070. The van der Waals surface area contributed by atoms with Crippen molar-refractivity contribution < 1.29 is 14.3 Å². The highest BCUT2D eigenvalue weighted by Gasteiger charge is 2.32. The molecular formula is C21H19N3O3S. The van der Waals surface area contributed by atoms with Gasteiger partial charge in [-0.15, -0.1) is 11.3 Å². The van der Waals surface area contributed by atoms with Gasteiger partial charge in [-0.05, 0) is 54.3 Å². The Labute approximate surface area is 166 Å². The zero-order valence-electron chi connectivity index (χ0n) is 15.6. The maximum atomic E-state index is 12.7. The minimum absolute atomic E-state index is 0.135. The Morgan fingerprint density at radius 2 is 2.07 bits per heavy atom. The van der Waals surface area contributed by atoms with Gasteiger partial charge in [-0.25, -0.2) is 14.8 Å². The monoisotopic (exact) mass is 393 g/mol. The first-order valence-electron chi connectivity index (χ1n) is 8.90. The third-order valence-electron chi connectivity index (χ3n) is 4.85. The van der Waals surface area contributed by atoms with E-state index in [1.807, 2.05) is 31.2 Å². The molecule has 0 amide bonds. The minimum Gasteiger partial charge on any atom is -0.465 e. The second-order valence-electron chi connectivity index (χ2n) is 6.82. The zero-order valence-corrected chi connectivity index (χ0v) is 16.4. The van der Waals surface area contributed by atoms with Crippen molar-refractivity contribution in [2.24, 2.45) is 0 Å². The van der Waals surface area contributed by atoms with E-state index in [-0.39, 0.29) is 11.8 Å². The van der Waals surface area contributed by atoms with Crippen LogP contribution in [0.2, 0.25) is 0 Å². The molecule has 6 nitrogen and oxygen atoms in total. The molecule has 0 saturated heterocycles. The third kappa shape index (κ3) is 3.29. The van der Waals surface area contributed by atoms with Crippen LogP contribution in [0.3, 0.4) is 0 Å². The summed E-state index contributed by atoms with van der Waals surface area (Å²) < 4.78 is 4.80. The van der Waals surface area contributed by atoms with Crippen LogP contribution in [-0.4, -0.2) is 28.8 Å². The van der Waals surface area contributed by atoms with E-state index >= 15 is 0 Å². The molecule has 1 aliphatic rings. The Balaban J connectivity index is 1.73. The zero-order chi connectivity index (χ0) is 19.8. The molecule has 4 rings (SSSR count). The summed E-state index contributed by atoms with van der Waals surface area (Å²) in [5.74, 6) is -0.206. The average Bonchev–Trinajstić information content (AvgIpc) is 3.16. The molecule has 142 valence electrons. The fourth-order valence-electron chi connectivity index (χ4n) is 3.56. The van der Waals surface area contributed by atoms with E-state index in [0.29, 0.717) is 24.2 Å².